The molecular weight excluding hydrogens is 420 g/mol. The van der Waals surface area contributed by atoms with Gasteiger partial charge in [-0.25, -0.2) is 0 Å². The van der Waals surface area contributed by atoms with Crippen LogP contribution < -0.4 is 14.2 Å². The predicted molar refractivity (Wildman–Crippen MR) is 115 cm³/mol. The number of benzene rings is 2. The maximum atomic E-state index is 13.1. The first-order valence-corrected chi connectivity index (χ1v) is 10.3. The second kappa shape index (κ2) is 9.31. The van der Waals surface area contributed by atoms with E-state index in [0.717, 1.165) is 24.2 Å². The van der Waals surface area contributed by atoms with E-state index >= 15 is 0 Å². The molecule has 2 heterocycles. The van der Waals surface area contributed by atoms with E-state index in [1.807, 2.05) is 29.2 Å². The zero-order valence-electron chi connectivity index (χ0n) is 17.3. The Bertz CT molecular complexity index is 1070. The van der Waals surface area contributed by atoms with Crippen molar-refractivity contribution in [3.8, 4) is 17.2 Å². The average Bonchev–Trinajstić information content (AvgIpc) is 3.47. The molecule has 0 radical (unpaired) electrons. The zero-order valence-corrected chi connectivity index (χ0v) is 18.1. The number of amides is 1. The summed E-state index contributed by atoms with van der Waals surface area (Å²) in [5.41, 5.74) is 1.25. The molecular formula is C23H23ClN2O5. The number of hydrogen-bond acceptors (Lipinski definition) is 6. The summed E-state index contributed by atoms with van der Waals surface area (Å²) in [5, 5.41) is 4.39. The van der Waals surface area contributed by atoms with Gasteiger partial charge in [0, 0.05) is 24.2 Å². The van der Waals surface area contributed by atoms with Gasteiger partial charge in [0.25, 0.3) is 5.91 Å². The molecule has 0 aliphatic carbocycles. The number of para-hydroxylation sites is 1. The van der Waals surface area contributed by atoms with Crippen LogP contribution in [0.2, 0.25) is 5.02 Å². The Kier molecular flexibility index (Phi) is 6.32. The number of nitrogens with zero attached hydrogens (tertiary/aromatic N) is 2. The minimum absolute atomic E-state index is 0.0573. The molecule has 1 atom stereocenters. The van der Waals surface area contributed by atoms with E-state index in [4.69, 9.17) is 30.3 Å². The van der Waals surface area contributed by atoms with Crippen molar-refractivity contribution in [2.45, 2.75) is 25.5 Å². The van der Waals surface area contributed by atoms with E-state index in [1.165, 1.54) is 0 Å². The number of methoxy groups -OCH3 is 2. The number of aromatic nitrogens is 1. The molecule has 31 heavy (non-hydrogen) atoms. The normalized spacial score (nSPS) is 15.7. The molecule has 162 valence electrons. The first-order chi connectivity index (χ1) is 15.1. The molecule has 2 aromatic carbocycles. The lowest BCUT2D eigenvalue weighted by Crippen LogP contribution is -2.31. The van der Waals surface area contributed by atoms with Crippen LogP contribution in [0.4, 0.5) is 0 Å². The maximum absolute atomic E-state index is 13.1. The number of ether oxygens (including phenoxy) is 3. The molecule has 0 saturated carbocycles. The van der Waals surface area contributed by atoms with E-state index < -0.39 is 0 Å². The monoisotopic (exact) mass is 442 g/mol. The molecule has 1 saturated heterocycles. The van der Waals surface area contributed by atoms with Crippen LogP contribution in [0.15, 0.2) is 53.1 Å². The van der Waals surface area contributed by atoms with E-state index in [2.05, 4.69) is 5.16 Å². The van der Waals surface area contributed by atoms with Crippen molar-refractivity contribution in [1.29, 1.82) is 0 Å². The third-order valence-corrected chi connectivity index (χ3v) is 5.59. The van der Waals surface area contributed by atoms with Gasteiger partial charge in [0.05, 0.1) is 25.3 Å². The Morgan fingerprint density at radius 3 is 2.77 bits per heavy atom. The number of halogens is 1. The van der Waals surface area contributed by atoms with Gasteiger partial charge in [0.1, 0.15) is 23.9 Å². The largest absolute Gasteiger partial charge is 0.497 e. The van der Waals surface area contributed by atoms with Crippen LogP contribution in [-0.4, -0.2) is 36.7 Å². The van der Waals surface area contributed by atoms with Gasteiger partial charge >= 0.3 is 0 Å². The lowest BCUT2D eigenvalue weighted by atomic mass is 10.0. The van der Waals surface area contributed by atoms with Gasteiger partial charge < -0.3 is 23.6 Å². The number of carbonyl (C=O) groups excluding carboxylic acids is 1. The fourth-order valence-corrected chi connectivity index (χ4v) is 4.00. The molecule has 3 aromatic rings. The van der Waals surface area contributed by atoms with Gasteiger partial charge in [0.2, 0.25) is 0 Å². The van der Waals surface area contributed by atoms with Crippen LogP contribution in [0.3, 0.4) is 0 Å². The van der Waals surface area contributed by atoms with Crippen LogP contribution in [0.1, 0.15) is 40.7 Å². The Balaban J connectivity index is 1.45. The number of rotatable bonds is 7. The molecule has 0 N–H and O–H groups in total. The molecule has 0 spiro atoms. The lowest BCUT2D eigenvalue weighted by molar-refractivity contribution is 0.0723. The molecule has 8 heteroatoms. The highest BCUT2D eigenvalue weighted by Crippen LogP contribution is 2.37. The summed E-state index contributed by atoms with van der Waals surface area (Å²) in [6.45, 7) is 0.754. The van der Waals surface area contributed by atoms with Crippen molar-refractivity contribution in [3.05, 3.63) is 70.6 Å². The summed E-state index contributed by atoms with van der Waals surface area (Å²) in [5.74, 6) is 2.16. The number of carbonyl (C=O) groups is 1. The molecule has 1 aromatic heterocycles. The van der Waals surface area contributed by atoms with Crippen molar-refractivity contribution >= 4 is 17.5 Å². The summed E-state index contributed by atoms with van der Waals surface area (Å²) < 4.78 is 21.6. The minimum Gasteiger partial charge on any atom is -0.497 e. The fourth-order valence-electron chi connectivity index (χ4n) is 3.78. The van der Waals surface area contributed by atoms with E-state index in [0.29, 0.717) is 28.8 Å². The summed E-state index contributed by atoms with van der Waals surface area (Å²) in [7, 11) is 3.21. The summed E-state index contributed by atoms with van der Waals surface area (Å²) in [6.07, 6.45) is 1.79. The maximum Gasteiger partial charge on any atom is 0.276 e. The van der Waals surface area contributed by atoms with Gasteiger partial charge in [-0.2, -0.15) is 0 Å². The summed E-state index contributed by atoms with van der Waals surface area (Å²) >= 11 is 6.19. The highest BCUT2D eigenvalue weighted by Gasteiger charge is 2.33. The Hall–Kier alpha value is -3.19. The lowest BCUT2D eigenvalue weighted by Gasteiger charge is -2.25. The minimum atomic E-state index is -0.175. The third-order valence-electron chi connectivity index (χ3n) is 5.30. The quantitative estimate of drug-likeness (QED) is 0.518. The standard InChI is InChI=1S/C23H23ClN2O5/c1-28-15-9-10-22(18(24)12-15)30-14-16-13-19(25-31-16)23(27)26-11-5-7-20(26)17-6-3-4-8-21(17)29-2/h3-4,6,8-10,12-13,20H,5,7,11,14H2,1-2H3/t20-/m0/s1. The predicted octanol–water partition coefficient (Wildman–Crippen LogP) is 4.90. The first kappa shape index (κ1) is 21.1. The van der Waals surface area contributed by atoms with Crippen molar-refractivity contribution in [3.63, 3.8) is 0 Å². The fraction of sp³-hybridized carbons (Fsp3) is 0.304. The molecule has 1 fully saturated rings. The Labute approximate surface area is 185 Å². The van der Waals surface area contributed by atoms with Crippen molar-refractivity contribution in [1.82, 2.24) is 10.1 Å². The Morgan fingerprint density at radius 2 is 2.00 bits per heavy atom. The molecule has 1 aliphatic heterocycles. The second-order valence-corrected chi connectivity index (χ2v) is 7.57. The molecule has 1 aliphatic rings. The summed E-state index contributed by atoms with van der Waals surface area (Å²) in [6, 6.07) is 14.5. The number of hydrogen-bond donors (Lipinski definition) is 0. The smallest absolute Gasteiger partial charge is 0.276 e. The van der Waals surface area contributed by atoms with E-state index in [9.17, 15) is 4.79 Å². The first-order valence-electron chi connectivity index (χ1n) is 9.96. The van der Waals surface area contributed by atoms with Gasteiger partial charge in [-0.05, 0) is 31.0 Å². The van der Waals surface area contributed by atoms with E-state index in [-0.39, 0.29) is 24.2 Å². The van der Waals surface area contributed by atoms with Crippen molar-refractivity contribution in [2.75, 3.05) is 20.8 Å². The highest BCUT2D eigenvalue weighted by molar-refractivity contribution is 6.32. The van der Waals surface area contributed by atoms with Gasteiger partial charge in [-0.3, -0.25) is 4.79 Å². The van der Waals surface area contributed by atoms with Crippen LogP contribution in [0.5, 0.6) is 17.2 Å². The SMILES string of the molecule is COc1ccc(OCc2cc(C(=O)N3CCC[C@H]3c3ccccc3OC)no2)c(Cl)c1. The number of likely N-dealkylation sites (tertiary alicyclic amines) is 1. The summed E-state index contributed by atoms with van der Waals surface area (Å²) in [4.78, 5) is 14.9. The van der Waals surface area contributed by atoms with Gasteiger partial charge in [-0.1, -0.05) is 35.0 Å². The molecule has 0 bridgehead atoms. The van der Waals surface area contributed by atoms with Crippen molar-refractivity contribution in [2.24, 2.45) is 0 Å². The molecule has 4 rings (SSSR count). The van der Waals surface area contributed by atoms with Gasteiger partial charge in [0.15, 0.2) is 11.5 Å². The van der Waals surface area contributed by atoms with Crippen LogP contribution in [0.25, 0.3) is 0 Å². The topological polar surface area (TPSA) is 74.0 Å². The van der Waals surface area contributed by atoms with Crippen LogP contribution in [-0.2, 0) is 6.61 Å². The van der Waals surface area contributed by atoms with Crippen LogP contribution in [0, 0.1) is 0 Å². The van der Waals surface area contributed by atoms with Crippen molar-refractivity contribution < 1.29 is 23.5 Å². The average molecular weight is 443 g/mol. The second-order valence-electron chi connectivity index (χ2n) is 7.16. The molecule has 1 amide bonds. The van der Waals surface area contributed by atoms with E-state index in [1.54, 1.807) is 38.5 Å². The zero-order chi connectivity index (χ0) is 21.8. The highest BCUT2D eigenvalue weighted by atomic mass is 35.5. The third kappa shape index (κ3) is 4.46. The Morgan fingerprint density at radius 1 is 1.16 bits per heavy atom. The molecule has 7 nitrogen and oxygen atoms in total. The van der Waals surface area contributed by atoms with Gasteiger partial charge in [-0.15, -0.1) is 0 Å². The molecule has 0 unspecified atom stereocenters. The van der Waals surface area contributed by atoms with Crippen LogP contribution >= 0.6 is 11.6 Å².